The van der Waals surface area contributed by atoms with Crippen LogP contribution in [0, 0.1) is 0 Å². The molecule has 0 aliphatic rings. The minimum absolute atomic E-state index is 0.0562. The Morgan fingerprint density at radius 1 is 1.09 bits per heavy atom. The molecule has 0 amide bonds. The van der Waals surface area contributed by atoms with E-state index in [9.17, 15) is 4.79 Å². The van der Waals surface area contributed by atoms with Crippen molar-refractivity contribution in [1.82, 2.24) is 34.7 Å². The maximum Gasteiger partial charge on any atom is 0.283 e. The fourth-order valence-corrected chi connectivity index (χ4v) is 3.63. The van der Waals surface area contributed by atoms with Crippen molar-refractivity contribution in [3.63, 3.8) is 0 Å². The Balaban J connectivity index is 1.36. The van der Waals surface area contributed by atoms with Crippen molar-refractivity contribution in [3.8, 4) is 17.1 Å². The molecule has 34 heavy (non-hydrogen) atoms. The van der Waals surface area contributed by atoms with Crippen LogP contribution >= 0.6 is 11.6 Å². The van der Waals surface area contributed by atoms with E-state index in [2.05, 4.69) is 25.4 Å². The first-order valence-electron chi connectivity index (χ1n) is 10.6. The highest BCUT2D eigenvalue weighted by atomic mass is 35.5. The van der Waals surface area contributed by atoms with E-state index in [1.54, 1.807) is 10.7 Å². The summed E-state index contributed by atoms with van der Waals surface area (Å²) in [6.45, 7) is 4.33. The Bertz CT molecular complexity index is 1510. The van der Waals surface area contributed by atoms with Crippen molar-refractivity contribution in [2.75, 3.05) is 0 Å². The van der Waals surface area contributed by atoms with Gasteiger partial charge in [-0.05, 0) is 49.7 Å². The Morgan fingerprint density at radius 3 is 2.65 bits per heavy atom. The first-order valence-corrected chi connectivity index (χ1v) is 11.0. The number of aromatic nitrogens is 7. The summed E-state index contributed by atoms with van der Waals surface area (Å²) >= 11 is 6.24. The standard InChI is InChI=1S/C23H20ClN7O3/c1-14(2)33-17-9-7-15(8-10-17)21-26-19(34-28-21)12-30-13-25-22-20(23(30)32)27-29-31(22)11-16-5-3-4-6-18(16)24/h3-10,13-14H,11-12H2,1-2H3. The summed E-state index contributed by atoms with van der Waals surface area (Å²) in [5, 5.41) is 12.7. The summed E-state index contributed by atoms with van der Waals surface area (Å²) in [5.41, 5.74) is 1.79. The van der Waals surface area contributed by atoms with E-state index < -0.39 is 0 Å². The molecule has 172 valence electrons. The molecule has 0 unspecified atom stereocenters. The van der Waals surface area contributed by atoms with Crippen molar-refractivity contribution in [3.05, 3.63) is 81.7 Å². The largest absolute Gasteiger partial charge is 0.491 e. The predicted molar refractivity (Wildman–Crippen MR) is 125 cm³/mol. The molecule has 11 heteroatoms. The van der Waals surface area contributed by atoms with E-state index in [0.717, 1.165) is 16.9 Å². The lowest BCUT2D eigenvalue weighted by Crippen LogP contribution is -2.21. The summed E-state index contributed by atoms with van der Waals surface area (Å²) in [4.78, 5) is 21.7. The normalized spacial score (nSPS) is 11.4. The van der Waals surface area contributed by atoms with Crippen molar-refractivity contribution >= 4 is 22.8 Å². The van der Waals surface area contributed by atoms with Crippen LogP contribution in [-0.2, 0) is 13.1 Å². The molecule has 0 N–H and O–H groups in total. The maximum absolute atomic E-state index is 12.9. The number of hydrogen-bond donors (Lipinski definition) is 0. The molecule has 3 aromatic heterocycles. The minimum atomic E-state index is -0.356. The van der Waals surface area contributed by atoms with Crippen LogP contribution in [0.1, 0.15) is 25.3 Å². The quantitative estimate of drug-likeness (QED) is 0.349. The molecule has 10 nitrogen and oxygen atoms in total. The van der Waals surface area contributed by atoms with Gasteiger partial charge in [0, 0.05) is 10.6 Å². The topological polar surface area (TPSA) is 114 Å². The van der Waals surface area contributed by atoms with Crippen LogP contribution < -0.4 is 10.3 Å². The lowest BCUT2D eigenvalue weighted by atomic mass is 10.2. The van der Waals surface area contributed by atoms with Crippen molar-refractivity contribution in [1.29, 1.82) is 0 Å². The molecule has 3 heterocycles. The van der Waals surface area contributed by atoms with Gasteiger partial charge in [0.1, 0.15) is 18.6 Å². The van der Waals surface area contributed by atoms with Crippen LogP contribution in [0.4, 0.5) is 0 Å². The summed E-state index contributed by atoms with van der Waals surface area (Å²) in [6, 6.07) is 14.8. The van der Waals surface area contributed by atoms with E-state index in [1.807, 2.05) is 56.3 Å². The molecule has 0 atom stereocenters. The monoisotopic (exact) mass is 477 g/mol. The molecular formula is C23H20ClN7O3. The van der Waals surface area contributed by atoms with Crippen LogP contribution in [0.3, 0.4) is 0 Å². The van der Waals surface area contributed by atoms with Gasteiger partial charge in [0.15, 0.2) is 11.2 Å². The SMILES string of the molecule is CC(C)Oc1ccc(-c2noc(Cn3cnc4c(nnn4Cc4ccccc4Cl)c3=O)n2)cc1. The summed E-state index contributed by atoms with van der Waals surface area (Å²) in [6.07, 6.45) is 1.50. The molecule has 0 aliphatic heterocycles. The molecular weight excluding hydrogens is 458 g/mol. The maximum atomic E-state index is 12.9. The number of benzene rings is 2. The second-order valence-corrected chi connectivity index (χ2v) is 8.30. The predicted octanol–water partition coefficient (Wildman–Crippen LogP) is 3.58. The first kappa shape index (κ1) is 21.8. The third-order valence-electron chi connectivity index (χ3n) is 5.03. The average molecular weight is 478 g/mol. The highest BCUT2D eigenvalue weighted by Gasteiger charge is 2.16. The van der Waals surface area contributed by atoms with Gasteiger partial charge in [-0.2, -0.15) is 4.98 Å². The second-order valence-electron chi connectivity index (χ2n) is 7.89. The molecule has 5 aromatic rings. The molecule has 0 spiro atoms. The molecule has 0 saturated heterocycles. The van der Waals surface area contributed by atoms with E-state index in [0.29, 0.717) is 23.0 Å². The number of hydrogen-bond acceptors (Lipinski definition) is 8. The number of halogens is 1. The molecule has 5 rings (SSSR count). The van der Waals surface area contributed by atoms with Gasteiger partial charge in [0.2, 0.25) is 11.7 Å². The Morgan fingerprint density at radius 2 is 1.88 bits per heavy atom. The summed E-state index contributed by atoms with van der Waals surface area (Å²) < 4.78 is 13.9. The summed E-state index contributed by atoms with van der Waals surface area (Å²) in [5.74, 6) is 1.44. The van der Waals surface area contributed by atoms with Gasteiger partial charge in [-0.3, -0.25) is 9.36 Å². The molecule has 0 radical (unpaired) electrons. The Labute approximate surface area is 198 Å². The Kier molecular flexibility index (Phi) is 5.81. The third kappa shape index (κ3) is 4.40. The second kappa shape index (κ2) is 9.06. The third-order valence-corrected chi connectivity index (χ3v) is 5.40. The van der Waals surface area contributed by atoms with Gasteiger partial charge in [-0.15, -0.1) is 5.10 Å². The van der Waals surface area contributed by atoms with Gasteiger partial charge < -0.3 is 9.26 Å². The van der Waals surface area contributed by atoms with E-state index in [1.165, 1.54) is 10.9 Å². The zero-order valence-corrected chi connectivity index (χ0v) is 19.2. The molecule has 0 fully saturated rings. The molecule has 0 bridgehead atoms. The van der Waals surface area contributed by atoms with Gasteiger partial charge in [-0.25, -0.2) is 9.67 Å². The highest BCUT2D eigenvalue weighted by Crippen LogP contribution is 2.21. The first-order chi connectivity index (χ1) is 16.5. The fraction of sp³-hybridized carbons (Fsp3) is 0.217. The van der Waals surface area contributed by atoms with Crippen LogP contribution in [0.2, 0.25) is 5.02 Å². The van der Waals surface area contributed by atoms with E-state index >= 15 is 0 Å². The Hall–Kier alpha value is -4.05. The van der Waals surface area contributed by atoms with E-state index in [-0.39, 0.29) is 29.6 Å². The van der Waals surface area contributed by atoms with Crippen molar-refractivity contribution in [2.45, 2.75) is 33.0 Å². The van der Waals surface area contributed by atoms with Crippen LogP contribution in [-0.4, -0.2) is 40.8 Å². The lowest BCUT2D eigenvalue weighted by molar-refractivity contribution is 0.242. The van der Waals surface area contributed by atoms with E-state index in [4.69, 9.17) is 20.9 Å². The van der Waals surface area contributed by atoms with Gasteiger partial charge >= 0.3 is 0 Å². The lowest BCUT2D eigenvalue weighted by Gasteiger charge is -2.09. The minimum Gasteiger partial charge on any atom is -0.491 e. The summed E-state index contributed by atoms with van der Waals surface area (Å²) in [7, 11) is 0. The number of fused-ring (bicyclic) bond motifs is 1. The molecule has 0 saturated carbocycles. The number of rotatable bonds is 7. The number of ether oxygens (including phenoxy) is 1. The average Bonchev–Trinajstić information content (AvgIpc) is 3.45. The van der Waals surface area contributed by atoms with Gasteiger partial charge in [-0.1, -0.05) is 40.2 Å². The zero-order chi connectivity index (χ0) is 23.7. The molecule has 0 aliphatic carbocycles. The van der Waals surface area contributed by atoms with Crippen LogP contribution in [0.25, 0.3) is 22.6 Å². The van der Waals surface area contributed by atoms with Crippen molar-refractivity contribution < 1.29 is 9.26 Å². The van der Waals surface area contributed by atoms with Crippen LogP contribution in [0.5, 0.6) is 5.75 Å². The van der Waals surface area contributed by atoms with Crippen molar-refractivity contribution in [2.24, 2.45) is 0 Å². The fourth-order valence-electron chi connectivity index (χ4n) is 3.43. The van der Waals surface area contributed by atoms with Gasteiger partial charge in [0.05, 0.1) is 12.6 Å². The zero-order valence-electron chi connectivity index (χ0n) is 18.4. The number of nitrogens with zero attached hydrogens (tertiary/aromatic N) is 7. The van der Waals surface area contributed by atoms with Crippen LogP contribution in [0.15, 0.2) is 64.2 Å². The smallest absolute Gasteiger partial charge is 0.283 e. The molecule has 2 aromatic carbocycles. The van der Waals surface area contributed by atoms with Gasteiger partial charge in [0.25, 0.3) is 5.56 Å². The highest BCUT2D eigenvalue weighted by molar-refractivity contribution is 6.31.